The van der Waals surface area contributed by atoms with Gasteiger partial charge in [-0.15, -0.1) is 0 Å². The van der Waals surface area contributed by atoms with Gasteiger partial charge in [0.05, 0.1) is 33.4 Å². The molecule has 0 amide bonds. The van der Waals surface area contributed by atoms with E-state index < -0.39 is 0 Å². The minimum absolute atomic E-state index is 0.678. The highest BCUT2D eigenvalue weighted by Crippen LogP contribution is 2.39. The van der Waals surface area contributed by atoms with Gasteiger partial charge in [-0.1, -0.05) is 36.4 Å². The molecule has 150 valence electrons. The molecular formula is C23H32N2O3+2. The van der Waals surface area contributed by atoms with Crippen molar-refractivity contribution >= 4 is 6.08 Å². The average Bonchev–Trinajstić information content (AvgIpc) is 2.75. The van der Waals surface area contributed by atoms with Crippen LogP contribution < -0.4 is 24.0 Å². The summed E-state index contributed by atoms with van der Waals surface area (Å²) in [4.78, 5) is 3.23. The first kappa shape index (κ1) is 20.2. The third-order valence-corrected chi connectivity index (χ3v) is 5.41. The summed E-state index contributed by atoms with van der Waals surface area (Å²) in [5, 5.41) is 0. The van der Waals surface area contributed by atoms with E-state index in [1.165, 1.54) is 24.2 Å². The van der Waals surface area contributed by atoms with E-state index in [1.807, 2.05) is 6.07 Å². The van der Waals surface area contributed by atoms with Crippen LogP contribution in [0.3, 0.4) is 0 Å². The van der Waals surface area contributed by atoms with E-state index in [0.29, 0.717) is 11.5 Å². The summed E-state index contributed by atoms with van der Waals surface area (Å²) in [5.41, 5.74) is 2.44. The highest BCUT2D eigenvalue weighted by Gasteiger charge is 2.25. The Morgan fingerprint density at radius 1 is 0.786 bits per heavy atom. The molecule has 5 nitrogen and oxygen atoms in total. The van der Waals surface area contributed by atoms with Crippen molar-refractivity contribution in [3.05, 3.63) is 59.7 Å². The predicted molar refractivity (Wildman–Crippen MR) is 112 cm³/mol. The first-order valence-corrected chi connectivity index (χ1v) is 9.91. The molecule has 0 atom stereocenters. The second-order valence-electron chi connectivity index (χ2n) is 7.19. The summed E-state index contributed by atoms with van der Waals surface area (Å²) >= 11 is 0. The lowest BCUT2D eigenvalue weighted by Gasteiger charge is -2.29. The van der Waals surface area contributed by atoms with Crippen LogP contribution in [-0.4, -0.2) is 54.1 Å². The molecule has 28 heavy (non-hydrogen) atoms. The lowest BCUT2D eigenvalue weighted by Crippen LogP contribution is -3.27. The van der Waals surface area contributed by atoms with Crippen molar-refractivity contribution in [2.75, 3.05) is 54.1 Å². The number of quaternary nitrogens is 2. The van der Waals surface area contributed by atoms with Crippen LogP contribution >= 0.6 is 0 Å². The van der Waals surface area contributed by atoms with Crippen molar-refractivity contribution in [1.29, 1.82) is 0 Å². The number of rotatable bonds is 8. The van der Waals surface area contributed by atoms with Gasteiger partial charge in [-0.25, -0.2) is 0 Å². The topological polar surface area (TPSA) is 36.6 Å². The van der Waals surface area contributed by atoms with Gasteiger partial charge in [-0.05, 0) is 23.8 Å². The normalized spacial score (nSPS) is 19.5. The molecule has 0 spiro atoms. The van der Waals surface area contributed by atoms with Gasteiger partial charge < -0.3 is 24.0 Å². The van der Waals surface area contributed by atoms with E-state index in [0.717, 1.165) is 31.9 Å². The van der Waals surface area contributed by atoms with E-state index in [1.54, 1.807) is 31.1 Å². The Hall–Kier alpha value is -2.50. The number of piperazine rings is 1. The van der Waals surface area contributed by atoms with Gasteiger partial charge in [0.25, 0.3) is 0 Å². The first-order valence-electron chi connectivity index (χ1n) is 9.91. The molecule has 5 heteroatoms. The SMILES string of the molecule is COc1ccc(C[NH+]2CC[NH+](C/C=C/c3ccccc3)CC2)c(OC)c1OC. The molecule has 1 heterocycles. The monoisotopic (exact) mass is 384 g/mol. The quantitative estimate of drug-likeness (QED) is 0.704. The smallest absolute Gasteiger partial charge is 0.203 e. The molecule has 1 saturated heterocycles. The number of benzene rings is 2. The molecule has 1 aliphatic heterocycles. The molecule has 1 fully saturated rings. The van der Waals surface area contributed by atoms with Crippen LogP contribution in [0.4, 0.5) is 0 Å². The second-order valence-corrected chi connectivity index (χ2v) is 7.19. The number of ether oxygens (including phenoxy) is 3. The summed E-state index contributed by atoms with van der Waals surface area (Å²) in [6.07, 6.45) is 4.52. The third kappa shape index (κ3) is 5.06. The van der Waals surface area contributed by atoms with Gasteiger partial charge in [0.1, 0.15) is 32.7 Å². The van der Waals surface area contributed by atoms with Crippen molar-refractivity contribution in [1.82, 2.24) is 0 Å². The van der Waals surface area contributed by atoms with Gasteiger partial charge in [-0.2, -0.15) is 0 Å². The molecule has 0 bridgehead atoms. The van der Waals surface area contributed by atoms with Crippen LogP contribution in [-0.2, 0) is 6.54 Å². The van der Waals surface area contributed by atoms with Crippen LogP contribution in [0.15, 0.2) is 48.5 Å². The Kier molecular flexibility index (Phi) is 7.34. The molecule has 0 saturated carbocycles. The lowest BCUT2D eigenvalue weighted by molar-refractivity contribution is -1.02. The summed E-state index contributed by atoms with van der Waals surface area (Å²) < 4.78 is 16.5. The average molecular weight is 385 g/mol. The third-order valence-electron chi connectivity index (χ3n) is 5.41. The fraction of sp³-hybridized carbons (Fsp3) is 0.391. The zero-order chi connectivity index (χ0) is 19.8. The molecule has 2 aromatic carbocycles. The largest absolute Gasteiger partial charge is 0.493 e. The molecule has 2 N–H and O–H groups in total. The molecule has 0 aromatic heterocycles. The van der Waals surface area contributed by atoms with Crippen LogP contribution in [0.5, 0.6) is 17.2 Å². The summed E-state index contributed by atoms with van der Waals surface area (Å²) in [6, 6.07) is 14.6. The Morgan fingerprint density at radius 2 is 1.46 bits per heavy atom. The summed E-state index contributed by atoms with van der Waals surface area (Å²) in [6.45, 7) is 6.71. The van der Waals surface area contributed by atoms with E-state index in [4.69, 9.17) is 14.2 Å². The van der Waals surface area contributed by atoms with Crippen molar-refractivity contribution in [2.45, 2.75) is 6.54 Å². The predicted octanol–water partition coefficient (Wildman–Crippen LogP) is 0.709. The first-order chi connectivity index (χ1) is 13.7. The van der Waals surface area contributed by atoms with Crippen LogP contribution in [0.1, 0.15) is 11.1 Å². The summed E-state index contributed by atoms with van der Waals surface area (Å²) in [7, 11) is 5.00. The second kappa shape index (κ2) is 10.2. The highest BCUT2D eigenvalue weighted by molar-refractivity contribution is 5.55. The van der Waals surface area contributed by atoms with Crippen molar-refractivity contribution in [2.24, 2.45) is 0 Å². The Morgan fingerprint density at radius 3 is 2.11 bits per heavy atom. The number of nitrogens with one attached hydrogen (secondary N) is 2. The number of hydrogen-bond acceptors (Lipinski definition) is 3. The highest BCUT2D eigenvalue weighted by atomic mass is 16.5. The fourth-order valence-electron chi connectivity index (χ4n) is 3.84. The minimum atomic E-state index is 0.678. The van der Waals surface area contributed by atoms with E-state index in [9.17, 15) is 0 Å². The van der Waals surface area contributed by atoms with Crippen molar-refractivity contribution < 1.29 is 24.0 Å². The molecule has 0 radical (unpaired) electrons. The van der Waals surface area contributed by atoms with E-state index in [-0.39, 0.29) is 0 Å². The van der Waals surface area contributed by atoms with Crippen LogP contribution in [0, 0.1) is 0 Å². The van der Waals surface area contributed by atoms with Crippen LogP contribution in [0.25, 0.3) is 6.08 Å². The Labute approximate surface area is 168 Å². The molecule has 0 unspecified atom stereocenters. The molecule has 0 aliphatic carbocycles. The van der Waals surface area contributed by atoms with Crippen molar-refractivity contribution in [3.63, 3.8) is 0 Å². The molecule has 2 aromatic rings. The van der Waals surface area contributed by atoms with Gasteiger partial charge in [0.15, 0.2) is 11.5 Å². The van der Waals surface area contributed by atoms with E-state index >= 15 is 0 Å². The zero-order valence-corrected chi connectivity index (χ0v) is 17.2. The fourth-order valence-corrected chi connectivity index (χ4v) is 3.84. The van der Waals surface area contributed by atoms with Gasteiger partial charge in [-0.3, -0.25) is 0 Å². The molecular weight excluding hydrogens is 352 g/mol. The standard InChI is InChI=1S/C23H30N2O3/c1-26-21-12-11-20(22(27-2)23(21)28-3)18-25-16-14-24(15-17-25)13-7-10-19-8-5-4-6-9-19/h4-12H,13-18H2,1-3H3/p+2/b10-7+. The van der Waals surface area contributed by atoms with Gasteiger partial charge >= 0.3 is 0 Å². The minimum Gasteiger partial charge on any atom is -0.493 e. The molecule has 3 rings (SSSR count). The Bertz CT molecular complexity index is 769. The number of hydrogen-bond donors (Lipinski definition) is 2. The lowest BCUT2D eigenvalue weighted by atomic mass is 10.1. The van der Waals surface area contributed by atoms with Crippen LogP contribution in [0.2, 0.25) is 0 Å². The van der Waals surface area contributed by atoms with E-state index in [2.05, 4.69) is 48.6 Å². The zero-order valence-electron chi connectivity index (χ0n) is 17.2. The van der Waals surface area contributed by atoms with Gasteiger partial charge in [0.2, 0.25) is 5.75 Å². The summed E-state index contributed by atoms with van der Waals surface area (Å²) in [5.74, 6) is 2.17. The van der Waals surface area contributed by atoms with Crippen molar-refractivity contribution in [3.8, 4) is 17.2 Å². The number of methoxy groups -OCH3 is 3. The maximum Gasteiger partial charge on any atom is 0.203 e. The van der Waals surface area contributed by atoms with Gasteiger partial charge in [0, 0.05) is 0 Å². The maximum atomic E-state index is 5.64. The Balaban J connectivity index is 1.54. The maximum absolute atomic E-state index is 5.64. The molecule has 1 aliphatic rings.